The van der Waals surface area contributed by atoms with Crippen LogP contribution in [0.15, 0.2) is 24.3 Å². The number of unbranched alkanes of at least 4 members (excludes halogenated alkanes) is 1. The molecule has 1 aliphatic carbocycles. The van der Waals surface area contributed by atoms with Gasteiger partial charge in [-0.25, -0.2) is 4.98 Å². The van der Waals surface area contributed by atoms with Crippen LogP contribution in [0.3, 0.4) is 0 Å². The number of nitrogens with zero attached hydrogens (tertiary/aromatic N) is 2. The molecule has 0 atom stereocenters. The van der Waals surface area contributed by atoms with Crippen molar-refractivity contribution in [2.45, 2.75) is 45.4 Å². The fourth-order valence-electron chi connectivity index (χ4n) is 3.30. The number of aryl methyl sites for hydroxylation is 1. The van der Waals surface area contributed by atoms with E-state index in [0.29, 0.717) is 10.6 Å². The average Bonchev–Trinajstić information content (AvgIpc) is 2.61. The van der Waals surface area contributed by atoms with Crippen LogP contribution in [0.2, 0.25) is 5.02 Å². The van der Waals surface area contributed by atoms with Crippen molar-refractivity contribution in [1.82, 2.24) is 4.98 Å². The van der Waals surface area contributed by atoms with Gasteiger partial charge in [-0.05, 0) is 55.4 Å². The second-order valence-electron chi connectivity index (χ2n) is 6.24. The molecular formula is C20H22ClN3. The van der Waals surface area contributed by atoms with Gasteiger partial charge in [0.2, 0.25) is 0 Å². The highest BCUT2D eigenvalue weighted by molar-refractivity contribution is 6.30. The Bertz CT molecular complexity index is 760. The molecule has 0 saturated heterocycles. The van der Waals surface area contributed by atoms with E-state index in [4.69, 9.17) is 16.6 Å². The van der Waals surface area contributed by atoms with E-state index in [1.165, 1.54) is 12.0 Å². The third-order valence-corrected chi connectivity index (χ3v) is 4.79. The Hall–Kier alpha value is -2.05. The molecule has 0 aliphatic heterocycles. The van der Waals surface area contributed by atoms with Crippen LogP contribution in [0.5, 0.6) is 0 Å². The SMILES string of the molecule is CCCCNc1nc2c(c(-c3ccc(Cl)cc3)c1C#N)CCCC2. The van der Waals surface area contributed by atoms with Crippen LogP contribution >= 0.6 is 11.6 Å². The van der Waals surface area contributed by atoms with E-state index in [9.17, 15) is 5.26 Å². The largest absolute Gasteiger partial charge is 0.369 e. The topological polar surface area (TPSA) is 48.7 Å². The van der Waals surface area contributed by atoms with Gasteiger partial charge >= 0.3 is 0 Å². The van der Waals surface area contributed by atoms with Gasteiger partial charge in [0.25, 0.3) is 0 Å². The smallest absolute Gasteiger partial charge is 0.144 e. The summed E-state index contributed by atoms with van der Waals surface area (Å²) in [5, 5.41) is 13.9. The molecular weight excluding hydrogens is 318 g/mol. The predicted molar refractivity (Wildman–Crippen MR) is 99.4 cm³/mol. The Balaban J connectivity index is 2.14. The Labute approximate surface area is 148 Å². The average molecular weight is 340 g/mol. The maximum absolute atomic E-state index is 9.82. The molecule has 1 heterocycles. The van der Waals surface area contributed by atoms with Gasteiger partial charge < -0.3 is 5.32 Å². The molecule has 0 fully saturated rings. The van der Waals surface area contributed by atoms with Crippen LogP contribution in [0.1, 0.15) is 49.4 Å². The summed E-state index contributed by atoms with van der Waals surface area (Å²) in [5.41, 5.74) is 5.13. The molecule has 0 unspecified atom stereocenters. The molecule has 24 heavy (non-hydrogen) atoms. The lowest BCUT2D eigenvalue weighted by Gasteiger charge is -2.22. The zero-order valence-electron chi connectivity index (χ0n) is 14.0. The van der Waals surface area contributed by atoms with Gasteiger partial charge in [-0.1, -0.05) is 37.1 Å². The lowest BCUT2D eigenvalue weighted by atomic mass is 9.86. The van der Waals surface area contributed by atoms with Gasteiger partial charge in [0, 0.05) is 22.8 Å². The highest BCUT2D eigenvalue weighted by Gasteiger charge is 2.22. The first-order valence-corrected chi connectivity index (χ1v) is 9.08. The fraction of sp³-hybridized carbons (Fsp3) is 0.400. The normalized spacial score (nSPS) is 13.2. The molecule has 1 N–H and O–H groups in total. The summed E-state index contributed by atoms with van der Waals surface area (Å²) in [6, 6.07) is 10.2. The number of hydrogen-bond acceptors (Lipinski definition) is 3. The number of rotatable bonds is 5. The van der Waals surface area contributed by atoms with Crippen LogP contribution in [0.4, 0.5) is 5.82 Å². The van der Waals surface area contributed by atoms with E-state index in [0.717, 1.165) is 61.3 Å². The maximum Gasteiger partial charge on any atom is 0.144 e. The first-order chi connectivity index (χ1) is 11.7. The molecule has 1 aromatic carbocycles. The van der Waals surface area contributed by atoms with Crippen LogP contribution in [-0.2, 0) is 12.8 Å². The number of benzene rings is 1. The van der Waals surface area contributed by atoms with Crippen LogP contribution in [-0.4, -0.2) is 11.5 Å². The molecule has 0 bridgehead atoms. The Morgan fingerprint density at radius 3 is 2.67 bits per heavy atom. The number of aromatic nitrogens is 1. The van der Waals surface area contributed by atoms with Crippen molar-refractivity contribution in [2.24, 2.45) is 0 Å². The minimum Gasteiger partial charge on any atom is -0.369 e. The van der Waals surface area contributed by atoms with Gasteiger partial charge in [-0.2, -0.15) is 5.26 Å². The zero-order valence-corrected chi connectivity index (χ0v) is 14.8. The molecule has 124 valence electrons. The van der Waals surface area contributed by atoms with Crippen molar-refractivity contribution >= 4 is 17.4 Å². The molecule has 3 nitrogen and oxygen atoms in total. The minimum atomic E-state index is 0.661. The molecule has 4 heteroatoms. The minimum absolute atomic E-state index is 0.661. The third kappa shape index (κ3) is 3.39. The summed E-state index contributed by atoms with van der Waals surface area (Å²) in [7, 11) is 0. The molecule has 1 aromatic heterocycles. The van der Waals surface area contributed by atoms with Crippen LogP contribution in [0, 0.1) is 11.3 Å². The molecule has 0 spiro atoms. The van der Waals surface area contributed by atoms with Crippen LogP contribution < -0.4 is 5.32 Å². The maximum atomic E-state index is 9.82. The van der Waals surface area contributed by atoms with E-state index >= 15 is 0 Å². The van der Waals surface area contributed by atoms with Crippen molar-refractivity contribution in [3.63, 3.8) is 0 Å². The van der Waals surface area contributed by atoms with E-state index in [1.54, 1.807) is 0 Å². The Morgan fingerprint density at radius 1 is 1.21 bits per heavy atom. The summed E-state index contributed by atoms with van der Waals surface area (Å²) in [4.78, 5) is 4.80. The molecule has 0 amide bonds. The first kappa shape index (κ1) is 16.8. The highest BCUT2D eigenvalue weighted by Crippen LogP contribution is 2.37. The molecule has 2 aromatic rings. The predicted octanol–water partition coefficient (Wildman–Crippen LogP) is 5.36. The lowest BCUT2D eigenvalue weighted by molar-refractivity contribution is 0.669. The molecule has 0 radical (unpaired) electrons. The number of hydrogen-bond donors (Lipinski definition) is 1. The molecule has 0 saturated carbocycles. The summed E-state index contributed by atoms with van der Waals surface area (Å²) in [6.07, 6.45) is 6.49. The van der Waals surface area contributed by atoms with Crippen molar-refractivity contribution in [3.05, 3.63) is 46.1 Å². The summed E-state index contributed by atoms with van der Waals surface area (Å²) in [6.45, 7) is 3.00. The van der Waals surface area contributed by atoms with Gasteiger partial charge in [-0.15, -0.1) is 0 Å². The van der Waals surface area contributed by atoms with Gasteiger partial charge in [-0.3, -0.25) is 0 Å². The van der Waals surface area contributed by atoms with Crippen molar-refractivity contribution in [1.29, 1.82) is 5.26 Å². The third-order valence-electron chi connectivity index (χ3n) is 4.54. The first-order valence-electron chi connectivity index (χ1n) is 8.70. The van der Waals surface area contributed by atoms with E-state index < -0.39 is 0 Å². The standard InChI is InChI=1S/C20H22ClN3/c1-2-3-12-23-20-17(13-22)19(14-8-10-15(21)11-9-14)16-6-4-5-7-18(16)24-20/h8-11H,2-7,12H2,1H3,(H,23,24). The molecule has 1 aliphatic rings. The van der Waals surface area contributed by atoms with Gasteiger partial charge in [0.1, 0.15) is 17.5 Å². The highest BCUT2D eigenvalue weighted by atomic mass is 35.5. The number of pyridine rings is 1. The van der Waals surface area contributed by atoms with Crippen LogP contribution in [0.25, 0.3) is 11.1 Å². The Morgan fingerprint density at radius 2 is 1.96 bits per heavy atom. The summed E-state index contributed by atoms with van der Waals surface area (Å²) >= 11 is 6.04. The lowest BCUT2D eigenvalue weighted by Crippen LogP contribution is -2.13. The number of nitrogens with one attached hydrogen (secondary N) is 1. The van der Waals surface area contributed by atoms with Crippen molar-refractivity contribution < 1.29 is 0 Å². The van der Waals surface area contributed by atoms with Crippen molar-refractivity contribution in [2.75, 3.05) is 11.9 Å². The molecule has 3 rings (SSSR count). The number of fused-ring (bicyclic) bond motifs is 1. The number of nitriles is 1. The van der Waals surface area contributed by atoms with E-state index in [-0.39, 0.29) is 0 Å². The van der Waals surface area contributed by atoms with Gasteiger partial charge in [0.15, 0.2) is 0 Å². The van der Waals surface area contributed by atoms with Gasteiger partial charge in [0.05, 0.1) is 0 Å². The monoisotopic (exact) mass is 339 g/mol. The van der Waals surface area contributed by atoms with E-state index in [2.05, 4.69) is 18.3 Å². The fourth-order valence-corrected chi connectivity index (χ4v) is 3.42. The summed E-state index contributed by atoms with van der Waals surface area (Å²) < 4.78 is 0. The van der Waals surface area contributed by atoms with Crippen molar-refractivity contribution in [3.8, 4) is 17.2 Å². The zero-order chi connectivity index (χ0) is 16.9. The van der Waals surface area contributed by atoms with E-state index in [1.807, 2.05) is 24.3 Å². The second kappa shape index (κ2) is 7.68. The number of halogens is 1. The summed E-state index contributed by atoms with van der Waals surface area (Å²) in [5.74, 6) is 0.733. The second-order valence-corrected chi connectivity index (χ2v) is 6.68. The quantitative estimate of drug-likeness (QED) is 0.745. The number of anilines is 1. The Kier molecular flexibility index (Phi) is 5.37.